The Bertz CT molecular complexity index is 834. The van der Waals surface area contributed by atoms with Gasteiger partial charge in [-0.15, -0.1) is 11.3 Å². The Labute approximate surface area is 154 Å². The second-order valence-corrected chi connectivity index (χ2v) is 7.30. The second-order valence-electron chi connectivity index (χ2n) is 6.44. The molecule has 8 nitrogen and oxygen atoms in total. The molecule has 0 unspecified atom stereocenters. The van der Waals surface area contributed by atoms with Crippen molar-refractivity contribution in [2.24, 2.45) is 0 Å². The van der Waals surface area contributed by atoms with E-state index in [1.165, 1.54) is 11.3 Å². The number of urea groups is 1. The molecule has 2 N–H and O–H groups in total. The zero-order valence-corrected chi connectivity index (χ0v) is 15.3. The summed E-state index contributed by atoms with van der Waals surface area (Å²) in [6.07, 6.45) is 3.98. The highest BCUT2D eigenvalue weighted by Crippen LogP contribution is 2.24. The zero-order valence-electron chi connectivity index (χ0n) is 14.5. The zero-order chi connectivity index (χ0) is 18.7. The highest BCUT2D eigenvalue weighted by atomic mass is 32.1. The van der Waals surface area contributed by atoms with Gasteiger partial charge < -0.3 is 10.6 Å². The molecule has 0 atom stereocenters. The van der Waals surface area contributed by atoms with E-state index >= 15 is 0 Å². The Morgan fingerprint density at radius 2 is 2.19 bits per heavy atom. The van der Waals surface area contributed by atoms with Crippen LogP contribution in [0.15, 0.2) is 29.9 Å². The third-order valence-corrected chi connectivity index (χ3v) is 4.70. The van der Waals surface area contributed by atoms with Crippen LogP contribution in [0.3, 0.4) is 0 Å². The highest BCUT2D eigenvalue weighted by molar-refractivity contribution is 7.14. The Morgan fingerprint density at radius 1 is 1.38 bits per heavy atom. The summed E-state index contributed by atoms with van der Waals surface area (Å²) in [5, 5.41) is 7.71. The van der Waals surface area contributed by atoms with Crippen molar-refractivity contribution in [3.05, 3.63) is 29.9 Å². The van der Waals surface area contributed by atoms with Gasteiger partial charge in [-0.1, -0.05) is 0 Å². The van der Waals surface area contributed by atoms with E-state index < -0.39 is 11.6 Å². The summed E-state index contributed by atoms with van der Waals surface area (Å²) >= 11 is 1.33. The van der Waals surface area contributed by atoms with Crippen LogP contribution in [0.2, 0.25) is 0 Å². The normalized spacial score (nSPS) is 15.8. The van der Waals surface area contributed by atoms with Crippen LogP contribution in [0.5, 0.6) is 0 Å². The van der Waals surface area contributed by atoms with E-state index in [0.717, 1.165) is 16.2 Å². The van der Waals surface area contributed by atoms with Gasteiger partial charge in [0.2, 0.25) is 5.91 Å². The molecular formula is C17H19N5O3S. The molecule has 0 aromatic carbocycles. The standard InChI is InChI=1S/C17H19N5O3S/c1-17(2)14(24)22(16(25)21-17)8-4-6-13(23)20-15-19-12(10-26-15)11-5-3-7-18-9-11/h3,5,7,9-10H,4,6,8H2,1-2H3,(H,21,25)(H,19,20,23). The number of hydrogen-bond acceptors (Lipinski definition) is 6. The molecule has 0 aliphatic carbocycles. The third-order valence-electron chi connectivity index (χ3n) is 3.94. The van der Waals surface area contributed by atoms with Gasteiger partial charge >= 0.3 is 6.03 Å². The smallest absolute Gasteiger partial charge is 0.324 e. The molecule has 0 saturated carbocycles. The van der Waals surface area contributed by atoms with Crippen molar-refractivity contribution in [3.8, 4) is 11.3 Å². The number of pyridine rings is 1. The van der Waals surface area contributed by atoms with Crippen LogP contribution in [-0.4, -0.2) is 44.8 Å². The van der Waals surface area contributed by atoms with Crippen molar-refractivity contribution in [2.45, 2.75) is 32.2 Å². The Morgan fingerprint density at radius 3 is 2.85 bits per heavy atom. The fourth-order valence-electron chi connectivity index (χ4n) is 2.58. The molecule has 1 aliphatic rings. The molecule has 1 fully saturated rings. The molecule has 3 rings (SSSR count). The van der Waals surface area contributed by atoms with Crippen molar-refractivity contribution >= 4 is 34.3 Å². The lowest BCUT2D eigenvalue weighted by Gasteiger charge is -2.15. The minimum Gasteiger partial charge on any atom is -0.324 e. The van der Waals surface area contributed by atoms with Crippen LogP contribution >= 0.6 is 11.3 Å². The highest BCUT2D eigenvalue weighted by Gasteiger charge is 2.43. The maximum Gasteiger partial charge on any atom is 0.325 e. The van der Waals surface area contributed by atoms with Gasteiger partial charge in [0.1, 0.15) is 5.54 Å². The van der Waals surface area contributed by atoms with E-state index in [1.54, 1.807) is 26.2 Å². The first kappa shape index (κ1) is 18.0. The predicted molar refractivity (Wildman–Crippen MR) is 97.5 cm³/mol. The molecule has 0 radical (unpaired) electrons. The topological polar surface area (TPSA) is 104 Å². The minimum atomic E-state index is -0.886. The first-order chi connectivity index (χ1) is 12.4. The molecule has 1 aliphatic heterocycles. The fraction of sp³-hybridized carbons (Fsp3) is 0.353. The summed E-state index contributed by atoms with van der Waals surface area (Å²) in [5.74, 6) is -0.479. The summed E-state index contributed by atoms with van der Waals surface area (Å²) in [5.41, 5.74) is 0.744. The van der Waals surface area contributed by atoms with Gasteiger partial charge in [0.05, 0.1) is 5.69 Å². The number of hydrogen-bond donors (Lipinski definition) is 2. The number of amides is 4. The average molecular weight is 373 g/mol. The number of imide groups is 1. The van der Waals surface area contributed by atoms with Crippen LogP contribution in [0.25, 0.3) is 11.3 Å². The van der Waals surface area contributed by atoms with Crippen LogP contribution in [0, 0.1) is 0 Å². The SMILES string of the molecule is CC1(C)NC(=O)N(CCCC(=O)Nc2nc(-c3cccnc3)cs2)C1=O. The molecule has 9 heteroatoms. The van der Waals surface area contributed by atoms with Gasteiger partial charge in [-0.05, 0) is 32.4 Å². The maximum absolute atomic E-state index is 12.1. The number of anilines is 1. The first-order valence-electron chi connectivity index (χ1n) is 8.17. The summed E-state index contributed by atoms with van der Waals surface area (Å²) in [7, 11) is 0. The van der Waals surface area contributed by atoms with Gasteiger partial charge in [0.15, 0.2) is 5.13 Å². The number of carbonyl (C=O) groups excluding carboxylic acids is 3. The number of aromatic nitrogens is 2. The van der Waals surface area contributed by atoms with Crippen LogP contribution in [0.4, 0.5) is 9.93 Å². The minimum absolute atomic E-state index is 0.194. The summed E-state index contributed by atoms with van der Waals surface area (Å²) in [6.45, 7) is 3.52. The van der Waals surface area contributed by atoms with Crippen LogP contribution < -0.4 is 10.6 Å². The van der Waals surface area contributed by atoms with Gasteiger partial charge in [0, 0.05) is 36.3 Å². The average Bonchev–Trinajstić information content (AvgIpc) is 3.13. The number of rotatable bonds is 6. The van der Waals surface area contributed by atoms with E-state index in [2.05, 4.69) is 20.6 Å². The lowest BCUT2D eigenvalue weighted by atomic mass is 10.1. The Kier molecular flexibility index (Phi) is 4.99. The molecule has 4 amide bonds. The summed E-state index contributed by atoms with van der Waals surface area (Å²) in [6, 6.07) is 3.30. The third kappa shape index (κ3) is 3.88. The van der Waals surface area contributed by atoms with Crippen molar-refractivity contribution in [1.29, 1.82) is 0 Å². The number of nitrogens with one attached hydrogen (secondary N) is 2. The molecule has 1 saturated heterocycles. The van der Waals surface area contributed by atoms with Gasteiger partial charge in [-0.25, -0.2) is 9.78 Å². The molecule has 0 bridgehead atoms. The van der Waals surface area contributed by atoms with Crippen molar-refractivity contribution in [3.63, 3.8) is 0 Å². The lowest BCUT2D eigenvalue weighted by Crippen LogP contribution is -2.40. The Hall–Kier alpha value is -2.81. The van der Waals surface area contributed by atoms with Crippen molar-refractivity contribution < 1.29 is 14.4 Å². The molecule has 0 spiro atoms. The monoisotopic (exact) mass is 373 g/mol. The molecule has 2 aromatic rings. The van der Waals surface area contributed by atoms with Crippen LogP contribution in [-0.2, 0) is 9.59 Å². The van der Waals surface area contributed by atoms with Crippen molar-refractivity contribution in [1.82, 2.24) is 20.2 Å². The van der Waals surface area contributed by atoms with E-state index in [-0.39, 0.29) is 24.8 Å². The fourth-order valence-corrected chi connectivity index (χ4v) is 3.31. The largest absolute Gasteiger partial charge is 0.325 e. The summed E-state index contributed by atoms with van der Waals surface area (Å²) in [4.78, 5) is 45.5. The van der Waals surface area contributed by atoms with E-state index in [9.17, 15) is 14.4 Å². The number of nitrogens with zero attached hydrogens (tertiary/aromatic N) is 3. The maximum atomic E-state index is 12.1. The number of thiazole rings is 1. The van der Waals surface area contributed by atoms with Gasteiger partial charge in [-0.2, -0.15) is 0 Å². The molecule has 136 valence electrons. The van der Waals surface area contributed by atoms with E-state index in [0.29, 0.717) is 11.6 Å². The van der Waals surface area contributed by atoms with E-state index in [1.807, 2.05) is 17.5 Å². The lowest BCUT2D eigenvalue weighted by molar-refractivity contribution is -0.130. The quantitative estimate of drug-likeness (QED) is 0.756. The first-order valence-corrected chi connectivity index (χ1v) is 9.05. The second kappa shape index (κ2) is 7.20. The molecule has 3 heterocycles. The molecule has 26 heavy (non-hydrogen) atoms. The Balaban J connectivity index is 1.49. The van der Waals surface area contributed by atoms with Crippen molar-refractivity contribution in [2.75, 3.05) is 11.9 Å². The van der Waals surface area contributed by atoms with E-state index in [4.69, 9.17) is 0 Å². The van der Waals surface area contributed by atoms with Crippen LogP contribution in [0.1, 0.15) is 26.7 Å². The summed E-state index contributed by atoms with van der Waals surface area (Å²) < 4.78 is 0. The molecule has 2 aromatic heterocycles. The van der Waals surface area contributed by atoms with Gasteiger partial charge in [-0.3, -0.25) is 19.5 Å². The predicted octanol–water partition coefficient (Wildman–Crippen LogP) is 2.25. The molecular weight excluding hydrogens is 354 g/mol. The number of carbonyl (C=O) groups is 3. The van der Waals surface area contributed by atoms with Gasteiger partial charge in [0.25, 0.3) is 5.91 Å².